The average molecular weight is 371 g/mol. The van der Waals surface area contributed by atoms with Crippen LogP contribution in [0.15, 0.2) is 60.7 Å². The Morgan fingerprint density at radius 1 is 0.893 bits per heavy atom. The molecule has 4 aromatic rings. The maximum absolute atomic E-state index is 11.1. The van der Waals surface area contributed by atoms with Gasteiger partial charge in [-0.25, -0.2) is 0 Å². The van der Waals surface area contributed by atoms with Gasteiger partial charge >= 0.3 is 0 Å². The molecule has 0 bridgehead atoms. The topological polar surface area (TPSA) is 50.9 Å². The van der Waals surface area contributed by atoms with Crippen molar-refractivity contribution in [1.29, 1.82) is 0 Å². The van der Waals surface area contributed by atoms with Crippen LogP contribution in [0.4, 0.5) is 0 Å². The van der Waals surface area contributed by atoms with Crippen molar-refractivity contribution in [2.24, 2.45) is 0 Å². The van der Waals surface area contributed by atoms with Crippen molar-refractivity contribution in [1.82, 2.24) is 15.0 Å². The lowest BCUT2D eigenvalue weighted by Gasteiger charge is -2.22. The molecule has 0 spiro atoms. The molecule has 4 nitrogen and oxygen atoms in total. The normalized spacial score (nSPS) is 11.9. The summed E-state index contributed by atoms with van der Waals surface area (Å²) in [5.41, 5.74) is 6.59. The molecule has 0 amide bonds. The number of aryl methyl sites for hydroxylation is 1. The lowest BCUT2D eigenvalue weighted by molar-refractivity contribution is 0.460. The van der Waals surface area contributed by atoms with Crippen molar-refractivity contribution in [2.45, 2.75) is 39.5 Å². The fourth-order valence-electron chi connectivity index (χ4n) is 3.41. The molecule has 142 valence electrons. The zero-order valence-corrected chi connectivity index (χ0v) is 16.8. The first kappa shape index (κ1) is 18.2. The van der Waals surface area contributed by atoms with Crippen LogP contribution in [0.2, 0.25) is 0 Å². The highest BCUT2D eigenvalue weighted by atomic mass is 16.3. The van der Waals surface area contributed by atoms with E-state index in [4.69, 9.17) is 0 Å². The zero-order chi connectivity index (χ0) is 19.9. The number of aromatic nitrogens is 3. The van der Waals surface area contributed by atoms with Gasteiger partial charge in [0.25, 0.3) is 0 Å². The van der Waals surface area contributed by atoms with E-state index in [-0.39, 0.29) is 11.2 Å². The number of rotatable bonds is 3. The number of fused-ring (bicyclic) bond motifs is 1. The first-order valence-electron chi connectivity index (χ1n) is 9.55. The van der Waals surface area contributed by atoms with Crippen LogP contribution < -0.4 is 0 Å². The van der Waals surface area contributed by atoms with Crippen LogP contribution in [0.25, 0.3) is 16.7 Å². The summed E-state index contributed by atoms with van der Waals surface area (Å²) >= 11 is 0. The minimum atomic E-state index is -0.0591. The molecule has 0 radical (unpaired) electrons. The zero-order valence-electron chi connectivity index (χ0n) is 16.8. The molecule has 0 saturated carbocycles. The summed E-state index contributed by atoms with van der Waals surface area (Å²) < 4.78 is 0. The molecule has 4 heteroatoms. The molecule has 1 N–H and O–H groups in total. The molecular weight excluding hydrogens is 346 g/mol. The van der Waals surface area contributed by atoms with Crippen LogP contribution in [-0.4, -0.2) is 20.1 Å². The molecule has 0 aliphatic carbocycles. The molecule has 28 heavy (non-hydrogen) atoms. The highest BCUT2D eigenvalue weighted by Crippen LogP contribution is 2.34. The Morgan fingerprint density at radius 3 is 2.18 bits per heavy atom. The minimum absolute atomic E-state index is 0.0591. The molecule has 0 fully saturated rings. The van der Waals surface area contributed by atoms with Crippen molar-refractivity contribution in [2.75, 3.05) is 0 Å². The molecule has 1 aromatic heterocycles. The van der Waals surface area contributed by atoms with Gasteiger partial charge in [0.1, 0.15) is 22.5 Å². The number of hydrogen-bond donors (Lipinski definition) is 1. The lowest BCUT2D eigenvalue weighted by Crippen LogP contribution is -2.13. The second-order valence-corrected chi connectivity index (χ2v) is 8.40. The molecule has 3 aromatic carbocycles. The number of phenols is 1. The van der Waals surface area contributed by atoms with Crippen molar-refractivity contribution < 1.29 is 5.11 Å². The third-order valence-corrected chi connectivity index (χ3v) is 5.01. The van der Waals surface area contributed by atoms with Gasteiger partial charge < -0.3 is 5.11 Å². The summed E-state index contributed by atoms with van der Waals surface area (Å²) in [5.74, 6) is 0.231. The first-order chi connectivity index (χ1) is 13.3. The Bertz CT molecular complexity index is 1120. The van der Waals surface area contributed by atoms with E-state index >= 15 is 0 Å². The predicted octanol–water partition coefficient (Wildman–Crippen LogP) is 5.32. The van der Waals surface area contributed by atoms with Gasteiger partial charge in [-0.3, -0.25) is 0 Å². The van der Waals surface area contributed by atoms with E-state index in [1.165, 1.54) is 11.1 Å². The second-order valence-electron chi connectivity index (χ2n) is 8.40. The summed E-state index contributed by atoms with van der Waals surface area (Å²) in [7, 11) is 0. The van der Waals surface area contributed by atoms with Gasteiger partial charge in [0.2, 0.25) is 0 Å². The summed E-state index contributed by atoms with van der Waals surface area (Å²) in [4.78, 5) is 1.55. The van der Waals surface area contributed by atoms with Crippen LogP contribution >= 0.6 is 0 Å². The van der Waals surface area contributed by atoms with E-state index in [1.54, 1.807) is 4.80 Å². The molecule has 4 rings (SSSR count). The predicted molar refractivity (Wildman–Crippen MR) is 113 cm³/mol. The summed E-state index contributed by atoms with van der Waals surface area (Å²) in [6.45, 7) is 8.60. The number of phenolic OH excluding ortho intramolecular Hbond substituents is 1. The molecular formula is C24H25N3O. The molecule has 0 atom stereocenters. The third kappa shape index (κ3) is 3.50. The Balaban J connectivity index is 1.87. The van der Waals surface area contributed by atoms with Crippen molar-refractivity contribution in [3.63, 3.8) is 0 Å². The number of benzene rings is 3. The van der Waals surface area contributed by atoms with Crippen LogP contribution in [0.1, 0.15) is 43.0 Å². The van der Waals surface area contributed by atoms with Crippen LogP contribution in [0.5, 0.6) is 5.75 Å². The SMILES string of the molecule is Cc1cccc(Cc2cc(C(C)(C)C)cc(-n3nc4ccccc4n3)c2O)c1. The smallest absolute Gasteiger partial charge is 0.146 e. The van der Waals surface area contributed by atoms with Gasteiger partial charge in [-0.15, -0.1) is 15.0 Å². The molecule has 1 heterocycles. The first-order valence-corrected chi connectivity index (χ1v) is 9.55. The Labute approximate surface area is 165 Å². The molecule has 0 aliphatic heterocycles. The molecule has 0 unspecified atom stereocenters. The van der Waals surface area contributed by atoms with Gasteiger partial charge in [0, 0.05) is 12.0 Å². The Kier molecular flexibility index (Phi) is 4.42. The van der Waals surface area contributed by atoms with Crippen molar-refractivity contribution >= 4 is 11.0 Å². The third-order valence-electron chi connectivity index (χ3n) is 5.01. The maximum Gasteiger partial charge on any atom is 0.146 e. The van der Waals surface area contributed by atoms with Gasteiger partial charge in [-0.05, 0) is 41.7 Å². The summed E-state index contributed by atoms with van der Waals surface area (Å²) in [6, 6.07) is 20.2. The van der Waals surface area contributed by atoms with Crippen LogP contribution in [0, 0.1) is 6.92 Å². The fraction of sp³-hybridized carbons (Fsp3) is 0.250. The fourth-order valence-corrected chi connectivity index (χ4v) is 3.41. The van der Waals surface area contributed by atoms with Crippen LogP contribution in [0.3, 0.4) is 0 Å². The van der Waals surface area contributed by atoms with E-state index in [0.29, 0.717) is 12.1 Å². The summed E-state index contributed by atoms with van der Waals surface area (Å²) in [5, 5.41) is 20.2. The second kappa shape index (κ2) is 6.79. The molecule has 0 aliphatic rings. The van der Waals surface area contributed by atoms with Gasteiger partial charge in [0.15, 0.2) is 0 Å². The summed E-state index contributed by atoms with van der Waals surface area (Å²) in [6.07, 6.45) is 0.658. The quantitative estimate of drug-likeness (QED) is 0.530. The monoisotopic (exact) mass is 371 g/mol. The number of nitrogens with zero attached hydrogens (tertiary/aromatic N) is 3. The Morgan fingerprint density at radius 2 is 1.57 bits per heavy atom. The molecule has 0 saturated heterocycles. The largest absolute Gasteiger partial charge is 0.505 e. The van der Waals surface area contributed by atoms with E-state index < -0.39 is 0 Å². The lowest BCUT2D eigenvalue weighted by atomic mass is 9.84. The maximum atomic E-state index is 11.1. The average Bonchev–Trinajstić information content (AvgIpc) is 3.06. The van der Waals surface area contributed by atoms with Crippen molar-refractivity contribution in [3.8, 4) is 11.4 Å². The standard InChI is InChI=1S/C24H25N3O/c1-16-8-7-9-17(12-16)13-18-14-19(24(2,3)4)15-22(23(18)28)27-25-20-10-5-6-11-21(20)26-27/h5-12,14-15,28H,13H2,1-4H3. The van der Waals surface area contributed by atoms with Crippen molar-refractivity contribution in [3.05, 3.63) is 82.9 Å². The van der Waals surface area contributed by atoms with E-state index in [9.17, 15) is 5.11 Å². The van der Waals surface area contributed by atoms with Crippen LogP contribution in [-0.2, 0) is 11.8 Å². The number of aromatic hydroxyl groups is 1. The minimum Gasteiger partial charge on any atom is -0.505 e. The highest BCUT2D eigenvalue weighted by Gasteiger charge is 2.21. The Hall–Kier alpha value is -3.14. The van der Waals surface area contributed by atoms with Gasteiger partial charge in [-0.1, -0.05) is 68.8 Å². The van der Waals surface area contributed by atoms with Gasteiger partial charge in [-0.2, -0.15) is 0 Å². The number of hydrogen-bond acceptors (Lipinski definition) is 3. The van der Waals surface area contributed by atoms with E-state index in [1.807, 2.05) is 30.3 Å². The van der Waals surface area contributed by atoms with E-state index in [2.05, 4.69) is 68.2 Å². The van der Waals surface area contributed by atoms with Gasteiger partial charge in [0.05, 0.1) is 0 Å². The van der Waals surface area contributed by atoms with E-state index in [0.717, 1.165) is 22.2 Å². The highest BCUT2D eigenvalue weighted by molar-refractivity contribution is 5.73.